The van der Waals surface area contributed by atoms with Crippen LogP contribution in [0.3, 0.4) is 0 Å². The van der Waals surface area contributed by atoms with Crippen molar-refractivity contribution in [2.75, 3.05) is 6.61 Å². The summed E-state index contributed by atoms with van der Waals surface area (Å²) in [6.07, 6.45) is 5.29. The molecule has 3 rings (SSSR count). The van der Waals surface area contributed by atoms with Gasteiger partial charge in [0.15, 0.2) is 0 Å². The summed E-state index contributed by atoms with van der Waals surface area (Å²) < 4.78 is 5.53. The van der Waals surface area contributed by atoms with Crippen LogP contribution in [-0.4, -0.2) is 37.1 Å². The van der Waals surface area contributed by atoms with Crippen molar-refractivity contribution < 1.29 is 14.6 Å². The zero-order chi connectivity index (χ0) is 17.9. The molecule has 1 atom stereocenters. The van der Waals surface area contributed by atoms with E-state index in [-0.39, 0.29) is 5.92 Å². The van der Waals surface area contributed by atoms with Gasteiger partial charge in [-0.25, -0.2) is 0 Å². The summed E-state index contributed by atoms with van der Waals surface area (Å²) in [6.45, 7) is 1.57. The van der Waals surface area contributed by atoms with Crippen molar-refractivity contribution >= 4 is 13.8 Å². The van der Waals surface area contributed by atoms with Gasteiger partial charge in [-0.05, 0) is 42.4 Å². The van der Waals surface area contributed by atoms with E-state index in [1.165, 1.54) is 11.1 Å². The molecular weight excluding hydrogens is 315 g/mol. The Bertz CT molecular complexity index is 619. The lowest BCUT2D eigenvalue weighted by molar-refractivity contribution is -0.148. The first kappa shape index (κ1) is 18.3. The third kappa shape index (κ3) is 4.01. The number of fused-ring (bicyclic) bond motifs is 1. The van der Waals surface area contributed by atoms with E-state index in [0.717, 1.165) is 51.0 Å². The number of hydrogen-bond donors (Lipinski definition) is 3. The van der Waals surface area contributed by atoms with Gasteiger partial charge in [0.25, 0.3) is 0 Å². The number of nitrogens with two attached hydrogens (primary N) is 1. The molecule has 134 valence electrons. The summed E-state index contributed by atoms with van der Waals surface area (Å²) in [6, 6.07) is 6.66. The fraction of sp³-hybridized carbons (Fsp3) is 0.632. The number of carboxylic acids is 1. The SMILES string of the molecule is [B]CCCCC(N)(C(=O)O)C1CC(NCc2ccc3c(c2)CCO3)C1. The average Bonchev–Trinajstić information content (AvgIpc) is 3.01. The maximum absolute atomic E-state index is 11.7. The molecule has 1 unspecified atom stereocenters. The lowest BCUT2D eigenvalue weighted by Gasteiger charge is -2.45. The van der Waals surface area contributed by atoms with Crippen LogP contribution in [0.15, 0.2) is 18.2 Å². The number of benzene rings is 1. The Morgan fingerprint density at radius 3 is 2.92 bits per heavy atom. The van der Waals surface area contributed by atoms with Crippen LogP contribution in [0.4, 0.5) is 0 Å². The third-order valence-electron chi connectivity index (χ3n) is 5.66. The standard InChI is InChI=1S/C19H27BN2O3/c20-7-2-1-6-19(21,18(23)24)15-10-16(11-15)22-12-13-3-4-17-14(9-13)5-8-25-17/h3-4,9,15-16,22H,1-2,5-8,10-12,21H2,(H,23,24). The highest BCUT2D eigenvalue weighted by molar-refractivity contribution is 6.08. The van der Waals surface area contributed by atoms with Gasteiger partial charge in [0.2, 0.25) is 0 Å². The predicted octanol–water partition coefficient (Wildman–Crippen LogP) is 2.03. The number of rotatable bonds is 9. The molecular formula is C19H27BN2O3. The minimum absolute atomic E-state index is 0.0358. The predicted molar refractivity (Wildman–Crippen MR) is 98.0 cm³/mol. The maximum Gasteiger partial charge on any atom is 0.323 e. The number of carbonyl (C=O) groups is 1. The van der Waals surface area contributed by atoms with Gasteiger partial charge in [0.1, 0.15) is 11.3 Å². The fourth-order valence-electron chi connectivity index (χ4n) is 3.86. The second kappa shape index (κ2) is 7.79. The number of ether oxygens (including phenoxy) is 1. The molecule has 0 amide bonds. The van der Waals surface area contributed by atoms with Crippen LogP contribution < -0.4 is 15.8 Å². The molecule has 0 saturated heterocycles. The highest BCUT2D eigenvalue weighted by Crippen LogP contribution is 2.38. The Morgan fingerprint density at radius 1 is 1.40 bits per heavy atom. The average molecular weight is 342 g/mol. The molecule has 2 aliphatic rings. The Labute approximate surface area is 150 Å². The van der Waals surface area contributed by atoms with Crippen molar-refractivity contribution in [3.8, 4) is 5.75 Å². The lowest BCUT2D eigenvalue weighted by Crippen LogP contribution is -2.60. The summed E-state index contributed by atoms with van der Waals surface area (Å²) >= 11 is 0. The van der Waals surface area contributed by atoms with Gasteiger partial charge in [-0.1, -0.05) is 31.3 Å². The van der Waals surface area contributed by atoms with Gasteiger partial charge in [-0.2, -0.15) is 0 Å². The number of hydrogen-bond acceptors (Lipinski definition) is 4. The monoisotopic (exact) mass is 342 g/mol. The summed E-state index contributed by atoms with van der Waals surface area (Å²) in [5.41, 5.74) is 7.64. The van der Waals surface area contributed by atoms with Crippen LogP contribution in [0.1, 0.15) is 43.2 Å². The minimum Gasteiger partial charge on any atom is -0.493 e. The molecule has 1 fully saturated rings. The van der Waals surface area contributed by atoms with Crippen LogP contribution >= 0.6 is 0 Å². The van der Waals surface area contributed by atoms with Gasteiger partial charge in [-0.15, -0.1) is 0 Å². The molecule has 0 aromatic heterocycles. The Kier molecular flexibility index (Phi) is 5.69. The van der Waals surface area contributed by atoms with Crippen LogP contribution in [0.2, 0.25) is 6.32 Å². The molecule has 5 nitrogen and oxygen atoms in total. The second-order valence-electron chi connectivity index (χ2n) is 7.38. The van der Waals surface area contributed by atoms with E-state index in [1.54, 1.807) is 0 Å². The number of carboxylic acid groups (broad SMARTS) is 1. The van der Waals surface area contributed by atoms with Gasteiger partial charge < -0.3 is 20.9 Å². The van der Waals surface area contributed by atoms with E-state index in [4.69, 9.17) is 18.3 Å². The largest absolute Gasteiger partial charge is 0.493 e. The minimum atomic E-state index is -1.11. The molecule has 6 heteroatoms. The van der Waals surface area contributed by atoms with Crippen LogP contribution in [0.5, 0.6) is 5.75 Å². The van der Waals surface area contributed by atoms with Gasteiger partial charge >= 0.3 is 5.97 Å². The van der Waals surface area contributed by atoms with E-state index >= 15 is 0 Å². The Balaban J connectivity index is 1.47. The summed E-state index contributed by atoms with van der Waals surface area (Å²) in [5, 5.41) is 13.1. The van der Waals surface area contributed by atoms with Crippen LogP contribution in [0, 0.1) is 5.92 Å². The van der Waals surface area contributed by atoms with Gasteiger partial charge in [-0.3, -0.25) is 4.79 Å². The highest BCUT2D eigenvalue weighted by Gasteiger charge is 2.47. The molecule has 1 aliphatic heterocycles. The molecule has 1 saturated carbocycles. The van der Waals surface area contributed by atoms with Crippen molar-refractivity contribution in [2.45, 2.75) is 63.0 Å². The molecule has 4 N–H and O–H groups in total. The fourth-order valence-corrected chi connectivity index (χ4v) is 3.86. The Morgan fingerprint density at radius 2 is 2.20 bits per heavy atom. The van der Waals surface area contributed by atoms with E-state index < -0.39 is 11.5 Å². The van der Waals surface area contributed by atoms with Crippen molar-refractivity contribution in [1.82, 2.24) is 5.32 Å². The molecule has 1 aliphatic carbocycles. The molecule has 25 heavy (non-hydrogen) atoms. The molecule has 0 spiro atoms. The first-order chi connectivity index (χ1) is 12.0. The first-order valence-corrected chi connectivity index (χ1v) is 9.23. The zero-order valence-corrected chi connectivity index (χ0v) is 14.7. The Hall–Kier alpha value is -1.53. The smallest absolute Gasteiger partial charge is 0.323 e. The van der Waals surface area contributed by atoms with Crippen molar-refractivity contribution in [3.63, 3.8) is 0 Å². The summed E-state index contributed by atoms with van der Waals surface area (Å²) in [5.74, 6) is 0.152. The molecule has 0 bridgehead atoms. The topological polar surface area (TPSA) is 84.6 Å². The van der Waals surface area contributed by atoms with Gasteiger partial charge in [0, 0.05) is 19.0 Å². The van der Waals surface area contributed by atoms with Crippen molar-refractivity contribution in [3.05, 3.63) is 29.3 Å². The zero-order valence-electron chi connectivity index (χ0n) is 14.7. The van der Waals surface area contributed by atoms with E-state index in [9.17, 15) is 9.90 Å². The van der Waals surface area contributed by atoms with E-state index in [2.05, 4.69) is 17.4 Å². The molecule has 1 heterocycles. The van der Waals surface area contributed by atoms with Crippen molar-refractivity contribution in [2.24, 2.45) is 11.7 Å². The van der Waals surface area contributed by atoms with Crippen LogP contribution in [-0.2, 0) is 17.8 Å². The first-order valence-electron chi connectivity index (χ1n) is 9.23. The molecule has 1 aromatic carbocycles. The van der Waals surface area contributed by atoms with Crippen LogP contribution in [0.25, 0.3) is 0 Å². The summed E-state index contributed by atoms with van der Waals surface area (Å²) in [7, 11) is 5.50. The quantitative estimate of drug-likeness (QED) is 0.472. The summed E-state index contributed by atoms with van der Waals surface area (Å²) in [4.78, 5) is 11.7. The number of nitrogens with one attached hydrogen (secondary N) is 1. The van der Waals surface area contributed by atoms with E-state index in [0.29, 0.717) is 18.8 Å². The molecule has 1 aromatic rings. The lowest BCUT2D eigenvalue weighted by atomic mass is 9.66. The molecule has 2 radical (unpaired) electrons. The van der Waals surface area contributed by atoms with Crippen molar-refractivity contribution in [1.29, 1.82) is 0 Å². The van der Waals surface area contributed by atoms with Gasteiger partial charge in [0.05, 0.1) is 14.5 Å². The highest BCUT2D eigenvalue weighted by atomic mass is 16.5. The third-order valence-corrected chi connectivity index (χ3v) is 5.66. The van der Waals surface area contributed by atoms with E-state index in [1.807, 2.05) is 6.07 Å². The number of unbranched alkanes of at least 4 members (excludes halogenated alkanes) is 1. The second-order valence-corrected chi connectivity index (χ2v) is 7.38. The normalized spacial score (nSPS) is 24.0. The number of aliphatic carboxylic acids is 1. The maximum atomic E-state index is 11.7.